The summed E-state index contributed by atoms with van der Waals surface area (Å²) in [5, 5.41) is 2.88. The van der Waals surface area contributed by atoms with Crippen molar-refractivity contribution >= 4 is 21.8 Å². The van der Waals surface area contributed by atoms with Crippen molar-refractivity contribution in [3.63, 3.8) is 0 Å². The fourth-order valence-corrected chi connectivity index (χ4v) is 2.32. The number of hydrogen-bond acceptors (Lipinski definition) is 2. The summed E-state index contributed by atoms with van der Waals surface area (Å²) in [6.07, 6.45) is 1.89. The molecule has 2 rings (SSSR count). The van der Waals surface area contributed by atoms with Crippen molar-refractivity contribution in [3.8, 4) is 5.75 Å². The van der Waals surface area contributed by atoms with Gasteiger partial charge in [0.15, 0.2) is 6.61 Å². The highest BCUT2D eigenvalue weighted by Crippen LogP contribution is 2.21. The molecule has 116 valence electrons. The van der Waals surface area contributed by atoms with E-state index >= 15 is 0 Å². The lowest BCUT2D eigenvalue weighted by Crippen LogP contribution is -2.29. The molecule has 0 unspecified atom stereocenters. The summed E-state index contributed by atoms with van der Waals surface area (Å²) < 4.78 is 6.52. The van der Waals surface area contributed by atoms with Crippen LogP contribution in [0.5, 0.6) is 5.75 Å². The second-order valence-electron chi connectivity index (χ2n) is 5.14. The number of benzene rings is 2. The van der Waals surface area contributed by atoms with Gasteiger partial charge in [0.2, 0.25) is 0 Å². The van der Waals surface area contributed by atoms with Crippen LogP contribution < -0.4 is 10.1 Å². The molecular formula is C18H20BrNO2. The molecule has 0 saturated heterocycles. The first-order chi connectivity index (χ1) is 10.6. The Kier molecular flexibility index (Phi) is 6.46. The van der Waals surface area contributed by atoms with E-state index in [2.05, 4.69) is 33.4 Å². The molecule has 0 radical (unpaired) electrons. The van der Waals surface area contributed by atoms with Crippen LogP contribution in [-0.4, -0.2) is 19.1 Å². The van der Waals surface area contributed by atoms with Gasteiger partial charge >= 0.3 is 0 Å². The Morgan fingerprint density at radius 3 is 2.68 bits per heavy atom. The molecule has 0 saturated carbocycles. The van der Waals surface area contributed by atoms with Gasteiger partial charge in [0.05, 0.1) is 0 Å². The van der Waals surface area contributed by atoms with Crippen molar-refractivity contribution in [3.05, 3.63) is 64.1 Å². The average Bonchev–Trinajstić information content (AvgIpc) is 2.54. The van der Waals surface area contributed by atoms with Crippen LogP contribution in [-0.2, 0) is 11.2 Å². The van der Waals surface area contributed by atoms with E-state index in [1.165, 1.54) is 5.56 Å². The maximum Gasteiger partial charge on any atom is 0.257 e. The molecule has 0 heterocycles. The number of aryl methyl sites for hydroxylation is 2. The predicted molar refractivity (Wildman–Crippen MR) is 92.1 cm³/mol. The second kappa shape index (κ2) is 8.59. The van der Waals surface area contributed by atoms with Crippen LogP contribution in [0.4, 0.5) is 0 Å². The molecule has 0 aromatic heterocycles. The lowest BCUT2D eigenvalue weighted by Gasteiger charge is -2.08. The smallest absolute Gasteiger partial charge is 0.257 e. The highest BCUT2D eigenvalue weighted by atomic mass is 79.9. The number of carbonyl (C=O) groups is 1. The Labute approximate surface area is 139 Å². The molecule has 0 atom stereocenters. The van der Waals surface area contributed by atoms with Crippen LogP contribution in [0.3, 0.4) is 0 Å². The number of nitrogens with one attached hydrogen (secondary N) is 1. The predicted octanol–water partition coefficient (Wildman–Crippen LogP) is 3.89. The van der Waals surface area contributed by atoms with E-state index in [0.29, 0.717) is 12.3 Å². The highest BCUT2D eigenvalue weighted by Gasteiger charge is 2.03. The largest absolute Gasteiger partial charge is 0.484 e. The van der Waals surface area contributed by atoms with E-state index in [1.807, 2.05) is 43.3 Å². The molecule has 1 N–H and O–H groups in total. The van der Waals surface area contributed by atoms with Crippen LogP contribution in [0.1, 0.15) is 17.5 Å². The van der Waals surface area contributed by atoms with Crippen LogP contribution in [0.15, 0.2) is 53.0 Å². The maximum atomic E-state index is 11.7. The molecule has 0 aliphatic carbocycles. The maximum absolute atomic E-state index is 11.7. The van der Waals surface area contributed by atoms with Gasteiger partial charge in [-0.2, -0.15) is 0 Å². The van der Waals surface area contributed by atoms with E-state index in [4.69, 9.17) is 4.74 Å². The van der Waals surface area contributed by atoms with Gasteiger partial charge in [-0.3, -0.25) is 4.79 Å². The molecule has 0 fully saturated rings. The van der Waals surface area contributed by atoms with E-state index in [9.17, 15) is 4.79 Å². The summed E-state index contributed by atoms with van der Waals surface area (Å²) in [5.41, 5.74) is 2.37. The summed E-state index contributed by atoms with van der Waals surface area (Å²) in [4.78, 5) is 11.7. The van der Waals surface area contributed by atoms with Gasteiger partial charge in [-0.15, -0.1) is 0 Å². The number of rotatable bonds is 7. The van der Waals surface area contributed by atoms with Gasteiger partial charge in [-0.1, -0.05) is 46.3 Å². The zero-order valence-electron chi connectivity index (χ0n) is 12.6. The Morgan fingerprint density at radius 2 is 1.95 bits per heavy atom. The molecule has 2 aromatic rings. The molecule has 0 aliphatic heterocycles. The van der Waals surface area contributed by atoms with Crippen LogP contribution in [0.2, 0.25) is 0 Å². The minimum atomic E-state index is -0.0892. The number of halogens is 1. The Bertz CT molecular complexity index is 614. The van der Waals surface area contributed by atoms with E-state index in [0.717, 1.165) is 22.9 Å². The summed E-state index contributed by atoms with van der Waals surface area (Å²) in [7, 11) is 0. The van der Waals surface area contributed by atoms with E-state index < -0.39 is 0 Å². The molecular weight excluding hydrogens is 342 g/mol. The van der Waals surface area contributed by atoms with Crippen molar-refractivity contribution < 1.29 is 9.53 Å². The first kappa shape index (κ1) is 16.6. The average molecular weight is 362 g/mol. The topological polar surface area (TPSA) is 38.3 Å². The van der Waals surface area contributed by atoms with Crippen molar-refractivity contribution in [2.75, 3.05) is 13.2 Å². The van der Waals surface area contributed by atoms with Gasteiger partial charge in [-0.05, 0) is 49.1 Å². The first-order valence-corrected chi connectivity index (χ1v) is 8.14. The number of hydrogen-bond donors (Lipinski definition) is 1. The van der Waals surface area contributed by atoms with Gasteiger partial charge < -0.3 is 10.1 Å². The van der Waals surface area contributed by atoms with E-state index in [-0.39, 0.29) is 12.5 Å². The summed E-state index contributed by atoms with van der Waals surface area (Å²) >= 11 is 3.44. The van der Waals surface area contributed by atoms with Crippen molar-refractivity contribution in [2.24, 2.45) is 0 Å². The fourth-order valence-electron chi connectivity index (χ4n) is 2.07. The highest BCUT2D eigenvalue weighted by molar-refractivity contribution is 9.10. The molecule has 0 aliphatic rings. The number of amides is 1. The molecule has 2 aromatic carbocycles. The summed E-state index contributed by atoms with van der Waals surface area (Å²) in [6.45, 7) is 2.70. The number of ether oxygens (including phenoxy) is 1. The van der Waals surface area contributed by atoms with Crippen LogP contribution >= 0.6 is 15.9 Å². The summed E-state index contributed by atoms with van der Waals surface area (Å²) in [5.74, 6) is 0.619. The van der Waals surface area contributed by atoms with Gasteiger partial charge in [0.25, 0.3) is 5.91 Å². The second-order valence-corrected chi connectivity index (χ2v) is 5.99. The SMILES string of the molecule is Cc1cc(OCC(=O)NCCCc2ccccc2)ccc1Br. The third-order valence-electron chi connectivity index (χ3n) is 3.31. The third kappa shape index (κ3) is 5.53. The molecule has 0 bridgehead atoms. The quantitative estimate of drug-likeness (QED) is 0.759. The van der Waals surface area contributed by atoms with Crippen LogP contribution in [0, 0.1) is 6.92 Å². The zero-order chi connectivity index (χ0) is 15.8. The molecule has 3 nitrogen and oxygen atoms in total. The molecule has 1 amide bonds. The Hall–Kier alpha value is -1.81. The van der Waals surface area contributed by atoms with Crippen molar-refractivity contribution in [2.45, 2.75) is 19.8 Å². The monoisotopic (exact) mass is 361 g/mol. The lowest BCUT2D eigenvalue weighted by molar-refractivity contribution is -0.123. The van der Waals surface area contributed by atoms with Crippen molar-refractivity contribution in [1.29, 1.82) is 0 Å². The van der Waals surface area contributed by atoms with Gasteiger partial charge in [-0.25, -0.2) is 0 Å². The molecule has 22 heavy (non-hydrogen) atoms. The van der Waals surface area contributed by atoms with E-state index in [1.54, 1.807) is 0 Å². The minimum Gasteiger partial charge on any atom is -0.484 e. The summed E-state index contributed by atoms with van der Waals surface area (Å²) in [6, 6.07) is 15.9. The van der Waals surface area contributed by atoms with Gasteiger partial charge in [0, 0.05) is 11.0 Å². The first-order valence-electron chi connectivity index (χ1n) is 7.35. The Morgan fingerprint density at radius 1 is 1.18 bits per heavy atom. The van der Waals surface area contributed by atoms with Crippen LogP contribution in [0.25, 0.3) is 0 Å². The van der Waals surface area contributed by atoms with Gasteiger partial charge in [0.1, 0.15) is 5.75 Å². The zero-order valence-corrected chi connectivity index (χ0v) is 14.2. The molecule has 0 spiro atoms. The Balaban J connectivity index is 1.64. The van der Waals surface area contributed by atoms with Crippen molar-refractivity contribution in [1.82, 2.24) is 5.32 Å². The fraction of sp³-hybridized carbons (Fsp3) is 0.278. The third-order valence-corrected chi connectivity index (χ3v) is 4.20. The minimum absolute atomic E-state index is 0.0480. The standard InChI is InChI=1S/C18H20BrNO2/c1-14-12-16(9-10-17(14)19)22-13-18(21)20-11-5-8-15-6-3-2-4-7-15/h2-4,6-7,9-10,12H,5,8,11,13H2,1H3,(H,20,21). The molecule has 4 heteroatoms. The normalized spacial score (nSPS) is 10.3. The number of carbonyl (C=O) groups excluding carboxylic acids is 1. The lowest BCUT2D eigenvalue weighted by atomic mass is 10.1.